The van der Waals surface area contributed by atoms with E-state index < -0.39 is 5.97 Å². The Hall–Kier alpha value is -2.31. The maximum absolute atomic E-state index is 11.6. The number of nitrogens with zero attached hydrogens (tertiary/aromatic N) is 3. The number of methoxy groups -OCH3 is 1. The van der Waals surface area contributed by atoms with E-state index in [-0.39, 0.29) is 0 Å². The fourth-order valence-electron chi connectivity index (χ4n) is 2.20. The zero-order valence-corrected chi connectivity index (χ0v) is 13.8. The number of nitrogens with one attached hydrogen (secondary N) is 1. The number of pyridine rings is 1. The second-order valence-electron chi connectivity index (χ2n) is 4.79. The van der Waals surface area contributed by atoms with Gasteiger partial charge in [-0.2, -0.15) is 0 Å². The number of carbonyl (C=O) groups is 1. The minimum absolute atomic E-state index is 0.389. The molecule has 0 saturated carbocycles. The van der Waals surface area contributed by atoms with Crippen LogP contribution in [0, 0.1) is 0 Å². The van der Waals surface area contributed by atoms with E-state index in [1.807, 2.05) is 11.6 Å². The summed E-state index contributed by atoms with van der Waals surface area (Å²) >= 11 is 12.2. The Morgan fingerprint density at radius 2 is 1.96 bits per heavy atom. The van der Waals surface area contributed by atoms with E-state index in [9.17, 15) is 4.79 Å². The molecule has 0 aliphatic rings. The molecule has 0 aliphatic carbocycles. The summed E-state index contributed by atoms with van der Waals surface area (Å²) in [5.41, 5.74) is 2.46. The van der Waals surface area contributed by atoms with Crippen LogP contribution in [0.5, 0.6) is 0 Å². The first kappa shape index (κ1) is 15.6. The van der Waals surface area contributed by atoms with Crippen LogP contribution in [0.2, 0.25) is 10.0 Å². The van der Waals surface area contributed by atoms with Gasteiger partial charge in [0.05, 0.1) is 39.4 Å². The van der Waals surface area contributed by atoms with Gasteiger partial charge >= 0.3 is 5.97 Å². The molecule has 0 spiro atoms. The molecular formula is C15H12Cl2N4O2. The number of carbonyl (C=O) groups excluding carboxylic acids is 1. The minimum Gasteiger partial charge on any atom is -0.465 e. The van der Waals surface area contributed by atoms with Crippen LogP contribution in [0.15, 0.2) is 30.6 Å². The van der Waals surface area contributed by atoms with Crippen LogP contribution in [0.25, 0.3) is 11.0 Å². The second-order valence-corrected chi connectivity index (χ2v) is 5.61. The Balaban J connectivity index is 2.05. The smallest absolute Gasteiger partial charge is 0.337 e. The van der Waals surface area contributed by atoms with Gasteiger partial charge in [-0.3, -0.25) is 4.98 Å². The first-order chi connectivity index (χ1) is 11.0. The van der Waals surface area contributed by atoms with Crippen molar-refractivity contribution in [1.82, 2.24) is 14.5 Å². The van der Waals surface area contributed by atoms with Crippen molar-refractivity contribution >= 4 is 51.8 Å². The molecule has 6 nitrogen and oxygen atoms in total. The number of benzene rings is 1. The van der Waals surface area contributed by atoms with Gasteiger partial charge < -0.3 is 14.6 Å². The normalized spacial score (nSPS) is 10.8. The van der Waals surface area contributed by atoms with Crippen LogP contribution in [0.1, 0.15) is 10.4 Å². The van der Waals surface area contributed by atoms with Crippen molar-refractivity contribution in [1.29, 1.82) is 0 Å². The van der Waals surface area contributed by atoms with Gasteiger partial charge in [0.2, 0.25) is 5.95 Å². The van der Waals surface area contributed by atoms with Crippen molar-refractivity contribution in [3.8, 4) is 0 Å². The summed E-state index contributed by atoms with van der Waals surface area (Å²) in [6.45, 7) is 0. The number of hydrogen-bond donors (Lipinski definition) is 1. The van der Waals surface area contributed by atoms with E-state index in [0.717, 1.165) is 5.52 Å². The molecule has 0 aliphatic heterocycles. The van der Waals surface area contributed by atoms with Crippen molar-refractivity contribution < 1.29 is 9.53 Å². The second kappa shape index (κ2) is 6.06. The molecule has 0 fully saturated rings. The van der Waals surface area contributed by atoms with Crippen molar-refractivity contribution in [2.75, 3.05) is 12.4 Å². The molecule has 0 unspecified atom stereocenters. The average Bonchev–Trinajstić information content (AvgIpc) is 2.86. The summed E-state index contributed by atoms with van der Waals surface area (Å²) < 4.78 is 6.56. The Kier molecular flexibility index (Phi) is 4.11. The van der Waals surface area contributed by atoms with Crippen molar-refractivity contribution in [3.63, 3.8) is 0 Å². The van der Waals surface area contributed by atoms with Crippen LogP contribution >= 0.6 is 23.2 Å². The summed E-state index contributed by atoms with van der Waals surface area (Å²) in [5.74, 6) is 0.129. The summed E-state index contributed by atoms with van der Waals surface area (Å²) in [6.07, 6.45) is 2.99. The lowest BCUT2D eigenvalue weighted by Gasteiger charge is -2.09. The highest BCUT2D eigenvalue weighted by Crippen LogP contribution is 2.32. The SMILES string of the molecule is COC(=O)c1ccc2c(c1)nc(Nc1c(Cl)cncc1Cl)n2C. The number of esters is 1. The molecule has 0 saturated heterocycles. The third-order valence-electron chi connectivity index (χ3n) is 3.39. The fourth-order valence-corrected chi connectivity index (χ4v) is 2.66. The van der Waals surface area contributed by atoms with Gasteiger partial charge in [-0.1, -0.05) is 23.2 Å². The molecule has 0 atom stereocenters. The number of ether oxygens (including phenoxy) is 1. The lowest BCUT2D eigenvalue weighted by Crippen LogP contribution is -2.01. The van der Waals surface area contributed by atoms with Gasteiger partial charge in [-0.05, 0) is 18.2 Å². The number of halogens is 2. The molecule has 8 heteroatoms. The number of aromatic nitrogens is 3. The van der Waals surface area contributed by atoms with Gasteiger partial charge in [0.25, 0.3) is 0 Å². The molecule has 23 heavy (non-hydrogen) atoms. The fraction of sp³-hybridized carbons (Fsp3) is 0.133. The summed E-state index contributed by atoms with van der Waals surface area (Å²) in [4.78, 5) is 20.0. The molecule has 0 amide bonds. The molecule has 2 aromatic heterocycles. The first-order valence-corrected chi connectivity index (χ1v) is 7.37. The molecule has 1 aromatic carbocycles. The molecule has 3 aromatic rings. The topological polar surface area (TPSA) is 69.0 Å². The van der Waals surface area contributed by atoms with Gasteiger partial charge in [0.15, 0.2) is 0 Å². The molecule has 0 bridgehead atoms. The third kappa shape index (κ3) is 2.83. The Morgan fingerprint density at radius 1 is 1.26 bits per heavy atom. The highest BCUT2D eigenvalue weighted by atomic mass is 35.5. The number of fused-ring (bicyclic) bond motifs is 1. The van der Waals surface area contributed by atoms with Crippen molar-refractivity contribution in [2.45, 2.75) is 0 Å². The van der Waals surface area contributed by atoms with Crippen LogP contribution < -0.4 is 5.32 Å². The number of hydrogen-bond acceptors (Lipinski definition) is 5. The average molecular weight is 351 g/mol. The summed E-state index contributed by atoms with van der Waals surface area (Å²) in [5, 5.41) is 3.87. The minimum atomic E-state index is -0.410. The van der Waals surface area contributed by atoms with Gasteiger partial charge in [0, 0.05) is 19.4 Å². The van der Waals surface area contributed by atoms with Gasteiger partial charge in [-0.15, -0.1) is 0 Å². The zero-order chi connectivity index (χ0) is 16.6. The van der Waals surface area contributed by atoms with Crippen molar-refractivity contribution in [3.05, 3.63) is 46.2 Å². The quantitative estimate of drug-likeness (QED) is 0.727. The van der Waals surface area contributed by atoms with Crippen LogP contribution in [0.3, 0.4) is 0 Å². The standard InChI is InChI=1S/C15H12Cl2N4O2/c1-21-12-4-3-8(14(22)23-2)5-11(12)19-15(21)20-13-9(16)6-18-7-10(13)17/h3-7H,1-2H3,(H,18,19,20). The lowest BCUT2D eigenvalue weighted by molar-refractivity contribution is 0.0601. The maximum Gasteiger partial charge on any atom is 0.337 e. The van der Waals surface area contributed by atoms with Gasteiger partial charge in [0.1, 0.15) is 0 Å². The monoisotopic (exact) mass is 350 g/mol. The number of rotatable bonds is 3. The predicted octanol–water partition coefficient (Wildman–Crippen LogP) is 3.81. The van der Waals surface area contributed by atoms with Crippen LogP contribution in [-0.2, 0) is 11.8 Å². The van der Waals surface area contributed by atoms with E-state index in [1.165, 1.54) is 19.5 Å². The Labute approximate surface area is 142 Å². The van der Waals surface area contributed by atoms with Crippen LogP contribution in [-0.4, -0.2) is 27.6 Å². The first-order valence-electron chi connectivity index (χ1n) is 6.62. The molecule has 118 valence electrons. The number of imidazole rings is 1. The number of anilines is 2. The van der Waals surface area contributed by atoms with E-state index in [0.29, 0.717) is 32.8 Å². The molecule has 1 N–H and O–H groups in total. The van der Waals surface area contributed by atoms with Gasteiger partial charge in [-0.25, -0.2) is 9.78 Å². The predicted molar refractivity (Wildman–Crippen MR) is 89.6 cm³/mol. The lowest BCUT2D eigenvalue weighted by atomic mass is 10.2. The van der Waals surface area contributed by atoms with E-state index in [4.69, 9.17) is 27.9 Å². The Bertz CT molecular complexity index is 888. The van der Waals surface area contributed by atoms with E-state index in [1.54, 1.807) is 18.2 Å². The summed E-state index contributed by atoms with van der Waals surface area (Å²) in [6, 6.07) is 5.16. The third-order valence-corrected chi connectivity index (χ3v) is 3.97. The molecule has 2 heterocycles. The van der Waals surface area contributed by atoms with E-state index >= 15 is 0 Å². The van der Waals surface area contributed by atoms with Crippen LogP contribution in [0.4, 0.5) is 11.6 Å². The highest BCUT2D eigenvalue weighted by molar-refractivity contribution is 6.39. The maximum atomic E-state index is 11.6. The largest absolute Gasteiger partial charge is 0.465 e. The molecule has 3 rings (SSSR count). The van der Waals surface area contributed by atoms with Crippen molar-refractivity contribution in [2.24, 2.45) is 7.05 Å². The summed E-state index contributed by atoms with van der Waals surface area (Å²) in [7, 11) is 3.18. The van der Waals surface area contributed by atoms with E-state index in [2.05, 4.69) is 15.3 Å². The number of aryl methyl sites for hydroxylation is 1. The molecular weight excluding hydrogens is 339 g/mol. The highest BCUT2D eigenvalue weighted by Gasteiger charge is 2.14. The molecule has 0 radical (unpaired) electrons. The Morgan fingerprint density at radius 3 is 2.61 bits per heavy atom. The zero-order valence-electron chi connectivity index (χ0n) is 12.3.